The molecule has 0 aliphatic heterocycles. The van der Waals surface area contributed by atoms with Gasteiger partial charge in [-0.2, -0.15) is 0 Å². The van der Waals surface area contributed by atoms with Crippen LogP contribution in [0.3, 0.4) is 0 Å². The van der Waals surface area contributed by atoms with Crippen LogP contribution in [-0.4, -0.2) is 43.8 Å². The summed E-state index contributed by atoms with van der Waals surface area (Å²) in [5, 5.41) is 6.27. The van der Waals surface area contributed by atoms with E-state index in [0.29, 0.717) is 0 Å². The van der Waals surface area contributed by atoms with Gasteiger partial charge in [-0.3, -0.25) is 0 Å². The van der Waals surface area contributed by atoms with E-state index in [2.05, 4.69) is 84.3 Å². The molecule has 0 aliphatic carbocycles. The van der Waals surface area contributed by atoms with Gasteiger partial charge in [0.15, 0.2) is 0 Å². The van der Waals surface area contributed by atoms with Crippen molar-refractivity contribution in [1.82, 2.24) is 14.8 Å². The van der Waals surface area contributed by atoms with Crippen LogP contribution in [0.2, 0.25) is 0 Å². The highest BCUT2D eigenvalue weighted by Crippen LogP contribution is 2.34. The molecule has 0 spiro atoms. The first-order valence-corrected chi connectivity index (χ1v) is 12.2. The Kier molecular flexibility index (Phi) is 7.69. The van der Waals surface area contributed by atoms with E-state index in [1.54, 1.807) is 7.11 Å². The van der Waals surface area contributed by atoms with E-state index < -0.39 is 0 Å². The Morgan fingerprint density at radius 2 is 1.55 bits per heavy atom. The van der Waals surface area contributed by atoms with Crippen LogP contribution < -0.4 is 10.1 Å². The van der Waals surface area contributed by atoms with Crippen molar-refractivity contribution in [3.8, 4) is 16.9 Å². The van der Waals surface area contributed by atoms with Crippen molar-refractivity contribution >= 4 is 21.8 Å². The van der Waals surface area contributed by atoms with Gasteiger partial charge < -0.3 is 19.5 Å². The van der Waals surface area contributed by atoms with Crippen LogP contribution >= 0.6 is 0 Å². The van der Waals surface area contributed by atoms with Crippen LogP contribution in [0.5, 0.6) is 5.75 Å². The van der Waals surface area contributed by atoms with Gasteiger partial charge in [0.05, 0.1) is 7.11 Å². The highest BCUT2D eigenvalue weighted by molar-refractivity contribution is 6.09. The molecule has 4 rings (SSSR count). The van der Waals surface area contributed by atoms with E-state index in [9.17, 15) is 0 Å². The van der Waals surface area contributed by atoms with E-state index in [1.165, 1.54) is 51.3 Å². The van der Waals surface area contributed by atoms with E-state index in [0.717, 1.165) is 38.3 Å². The largest absolute Gasteiger partial charge is 0.497 e. The summed E-state index contributed by atoms with van der Waals surface area (Å²) in [5.74, 6) is 0.887. The number of methoxy groups -OCH3 is 1. The summed E-state index contributed by atoms with van der Waals surface area (Å²) in [7, 11) is 6.00. The van der Waals surface area contributed by atoms with Crippen LogP contribution in [0.15, 0.2) is 60.7 Å². The fraction of sp³-hybridized carbons (Fsp3) is 0.379. The lowest BCUT2D eigenvalue weighted by Gasteiger charge is -2.12. The maximum absolute atomic E-state index is 5.34. The second-order valence-electron chi connectivity index (χ2n) is 9.15. The first kappa shape index (κ1) is 23.3. The lowest BCUT2D eigenvalue weighted by Crippen LogP contribution is -2.15. The average Bonchev–Trinajstić information content (AvgIpc) is 3.14. The smallest absolute Gasteiger partial charge is 0.118 e. The van der Waals surface area contributed by atoms with Crippen LogP contribution in [-0.2, 0) is 13.1 Å². The fourth-order valence-corrected chi connectivity index (χ4v) is 4.54. The molecule has 0 unspecified atom stereocenters. The normalized spacial score (nSPS) is 11.7. The van der Waals surface area contributed by atoms with Crippen molar-refractivity contribution in [3.63, 3.8) is 0 Å². The third kappa shape index (κ3) is 5.40. The molecule has 0 bridgehead atoms. The van der Waals surface area contributed by atoms with Crippen molar-refractivity contribution in [1.29, 1.82) is 0 Å². The standard InChI is InChI=1S/C29H37N3O/c1-5-6-16-30-21-22-8-14-28-26(19-22)27-20-24(23-9-12-25(33-4)13-10-23)11-15-29(27)32(28)18-7-17-31(2)3/h8-15,19-20,30H,5-7,16-18,21H2,1-4H3. The van der Waals surface area contributed by atoms with Crippen molar-refractivity contribution in [3.05, 3.63) is 66.2 Å². The van der Waals surface area contributed by atoms with Crippen LogP contribution in [0.1, 0.15) is 31.7 Å². The van der Waals surface area contributed by atoms with Gasteiger partial charge in [0.2, 0.25) is 0 Å². The van der Waals surface area contributed by atoms with Gasteiger partial charge in [-0.1, -0.05) is 37.6 Å². The summed E-state index contributed by atoms with van der Waals surface area (Å²) >= 11 is 0. The highest BCUT2D eigenvalue weighted by Gasteiger charge is 2.13. The van der Waals surface area contributed by atoms with Gasteiger partial charge in [0, 0.05) is 34.9 Å². The molecule has 0 fully saturated rings. The van der Waals surface area contributed by atoms with Crippen LogP contribution in [0.4, 0.5) is 0 Å². The molecular formula is C29H37N3O. The number of fused-ring (bicyclic) bond motifs is 3. The van der Waals surface area contributed by atoms with Crippen LogP contribution in [0.25, 0.3) is 32.9 Å². The Bertz CT molecular complexity index is 1190. The summed E-state index contributed by atoms with van der Waals surface area (Å²) in [6, 6.07) is 22.2. The number of hydrogen-bond acceptors (Lipinski definition) is 3. The molecule has 0 aliphatic rings. The Morgan fingerprint density at radius 1 is 0.848 bits per heavy atom. The predicted octanol–water partition coefficient (Wildman–Crippen LogP) is 6.31. The molecule has 4 heteroatoms. The summed E-state index contributed by atoms with van der Waals surface area (Å²) < 4.78 is 7.84. The zero-order valence-corrected chi connectivity index (χ0v) is 20.5. The van der Waals surface area contributed by atoms with Crippen molar-refractivity contribution in [2.24, 2.45) is 0 Å². The van der Waals surface area contributed by atoms with E-state index in [4.69, 9.17) is 4.74 Å². The molecule has 0 atom stereocenters. The number of aryl methyl sites for hydroxylation is 1. The molecule has 4 aromatic rings. The van der Waals surface area contributed by atoms with Gasteiger partial charge >= 0.3 is 0 Å². The molecule has 174 valence electrons. The third-order valence-corrected chi connectivity index (χ3v) is 6.38. The third-order valence-electron chi connectivity index (χ3n) is 6.38. The summed E-state index contributed by atoms with van der Waals surface area (Å²) in [5.41, 5.74) is 6.44. The SMILES string of the molecule is CCCCNCc1ccc2c(c1)c1cc(-c3ccc(OC)cc3)ccc1n2CCCN(C)C. The minimum absolute atomic E-state index is 0.887. The number of rotatable bonds is 11. The number of aromatic nitrogens is 1. The molecule has 3 aromatic carbocycles. The Morgan fingerprint density at radius 3 is 2.24 bits per heavy atom. The minimum atomic E-state index is 0.887. The zero-order chi connectivity index (χ0) is 23.2. The van der Waals surface area contributed by atoms with Gasteiger partial charge in [-0.15, -0.1) is 0 Å². The van der Waals surface area contributed by atoms with Gasteiger partial charge in [0.1, 0.15) is 5.75 Å². The van der Waals surface area contributed by atoms with Crippen molar-refractivity contribution in [2.45, 2.75) is 39.3 Å². The molecule has 0 amide bonds. The molecular weight excluding hydrogens is 406 g/mol. The summed E-state index contributed by atoms with van der Waals surface area (Å²) in [6.07, 6.45) is 3.58. The zero-order valence-electron chi connectivity index (χ0n) is 20.5. The molecule has 1 aromatic heterocycles. The number of nitrogens with zero attached hydrogens (tertiary/aromatic N) is 2. The molecule has 0 saturated heterocycles. The Hall–Kier alpha value is -2.82. The molecule has 1 heterocycles. The number of unbranched alkanes of at least 4 members (excludes halogenated alkanes) is 1. The maximum atomic E-state index is 5.34. The predicted molar refractivity (Wildman–Crippen MR) is 141 cm³/mol. The van der Waals surface area contributed by atoms with E-state index >= 15 is 0 Å². The topological polar surface area (TPSA) is 29.4 Å². The number of hydrogen-bond donors (Lipinski definition) is 1. The van der Waals surface area contributed by atoms with Gasteiger partial charge in [-0.05, 0) is 93.1 Å². The Balaban J connectivity index is 1.74. The number of nitrogens with one attached hydrogen (secondary N) is 1. The maximum Gasteiger partial charge on any atom is 0.118 e. The minimum Gasteiger partial charge on any atom is -0.497 e. The molecule has 33 heavy (non-hydrogen) atoms. The summed E-state index contributed by atoms with van der Waals surface area (Å²) in [4.78, 5) is 2.26. The lowest BCUT2D eigenvalue weighted by atomic mass is 10.0. The molecule has 0 radical (unpaired) electrons. The van der Waals surface area contributed by atoms with Gasteiger partial charge in [-0.25, -0.2) is 0 Å². The number of ether oxygens (including phenoxy) is 1. The second-order valence-corrected chi connectivity index (χ2v) is 9.15. The monoisotopic (exact) mass is 443 g/mol. The summed E-state index contributed by atoms with van der Waals surface area (Å²) in [6.45, 7) is 6.34. The Labute approximate surface area is 198 Å². The second kappa shape index (κ2) is 10.9. The van der Waals surface area contributed by atoms with E-state index in [1.807, 2.05) is 12.1 Å². The quantitative estimate of drug-likeness (QED) is 0.275. The van der Waals surface area contributed by atoms with Crippen molar-refractivity contribution in [2.75, 3.05) is 34.3 Å². The van der Waals surface area contributed by atoms with Crippen LogP contribution in [0, 0.1) is 0 Å². The first-order chi connectivity index (χ1) is 16.1. The molecule has 1 N–H and O–H groups in total. The first-order valence-electron chi connectivity index (χ1n) is 12.2. The van der Waals surface area contributed by atoms with Gasteiger partial charge in [0.25, 0.3) is 0 Å². The lowest BCUT2D eigenvalue weighted by molar-refractivity contribution is 0.389. The van der Waals surface area contributed by atoms with Crippen molar-refractivity contribution < 1.29 is 4.74 Å². The fourth-order valence-electron chi connectivity index (χ4n) is 4.54. The number of benzene rings is 3. The van der Waals surface area contributed by atoms with E-state index in [-0.39, 0.29) is 0 Å². The molecule has 4 nitrogen and oxygen atoms in total. The average molecular weight is 444 g/mol. The highest BCUT2D eigenvalue weighted by atomic mass is 16.5. The molecule has 0 saturated carbocycles.